The Morgan fingerprint density at radius 1 is 1.16 bits per heavy atom. The van der Waals surface area contributed by atoms with Crippen LogP contribution < -0.4 is 15.4 Å². The van der Waals surface area contributed by atoms with Crippen molar-refractivity contribution in [1.29, 1.82) is 0 Å². The predicted octanol–water partition coefficient (Wildman–Crippen LogP) is 4.42. The Labute approximate surface area is 146 Å². The van der Waals surface area contributed by atoms with Crippen molar-refractivity contribution in [2.45, 2.75) is 12.8 Å². The number of benzene rings is 2. The molecule has 0 saturated carbocycles. The first kappa shape index (κ1) is 18.9. The molecular formula is C16H14ClF3N2O3. The number of aliphatic hydroxyl groups is 1. The maximum Gasteiger partial charge on any atom is 0.573 e. The van der Waals surface area contributed by atoms with Crippen molar-refractivity contribution in [1.82, 2.24) is 0 Å². The molecule has 0 atom stereocenters. The molecule has 0 unspecified atom stereocenters. The first-order valence-electron chi connectivity index (χ1n) is 7.10. The summed E-state index contributed by atoms with van der Waals surface area (Å²) in [6.07, 6.45) is -4.52. The summed E-state index contributed by atoms with van der Waals surface area (Å²) in [5.74, 6) is -0.545. The molecule has 0 aromatic heterocycles. The molecule has 0 saturated heterocycles. The third kappa shape index (κ3) is 6.17. The van der Waals surface area contributed by atoms with Gasteiger partial charge >= 0.3 is 12.4 Å². The molecule has 2 aromatic rings. The third-order valence-electron chi connectivity index (χ3n) is 3.01. The molecule has 0 aliphatic heterocycles. The van der Waals surface area contributed by atoms with Crippen molar-refractivity contribution in [3.63, 3.8) is 0 Å². The molecule has 0 heterocycles. The van der Waals surface area contributed by atoms with Gasteiger partial charge in [0.15, 0.2) is 0 Å². The summed E-state index contributed by atoms with van der Waals surface area (Å²) in [7, 11) is 0. The van der Waals surface area contributed by atoms with Crippen molar-refractivity contribution < 1.29 is 27.8 Å². The lowest BCUT2D eigenvalue weighted by Gasteiger charge is -2.13. The highest BCUT2D eigenvalue weighted by Gasteiger charge is 2.31. The second-order valence-electron chi connectivity index (χ2n) is 4.93. The van der Waals surface area contributed by atoms with E-state index in [4.69, 9.17) is 16.7 Å². The monoisotopic (exact) mass is 374 g/mol. The SMILES string of the molecule is O=C(Nc1cc(Cl)cc(OC(F)(F)F)c1)Nc1ccccc1CCO. The van der Waals surface area contributed by atoms with Crippen LogP contribution in [0.5, 0.6) is 5.75 Å². The fraction of sp³-hybridized carbons (Fsp3) is 0.188. The van der Waals surface area contributed by atoms with Gasteiger partial charge in [-0.3, -0.25) is 0 Å². The molecule has 9 heteroatoms. The number of para-hydroxylation sites is 1. The Bertz CT molecular complexity index is 754. The van der Waals surface area contributed by atoms with E-state index in [0.29, 0.717) is 17.7 Å². The molecule has 0 aliphatic rings. The minimum atomic E-state index is -4.87. The van der Waals surface area contributed by atoms with Gasteiger partial charge in [0.25, 0.3) is 0 Å². The van der Waals surface area contributed by atoms with Gasteiger partial charge in [0.1, 0.15) is 5.75 Å². The molecule has 25 heavy (non-hydrogen) atoms. The Balaban J connectivity index is 2.10. The molecule has 5 nitrogen and oxygen atoms in total. The van der Waals surface area contributed by atoms with E-state index in [1.54, 1.807) is 24.3 Å². The predicted molar refractivity (Wildman–Crippen MR) is 88.0 cm³/mol. The second-order valence-corrected chi connectivity index (χ2v) is 5.37. The zero-order valence-electron chi connectivity index (χ0n) is 12.7. The van der Waals surface area contributed by atoms with Gasteiger partial charge in [-0.1, -0.05) is 29.8 Å². The number of carbonyl (C=O) groups is 1. The number of urea groups is 1. The smallest absolute Gasteiger partial charge is 0.406 e. The lowest BCUT2D eigenvalue weighted by atomic mass is 10.1. The summed E-state index contributed by atoms with van der Waals surface area (Å²) in [5, 5.41) is 13.9. The number of nitrogens with one attached hydrogen (secondary N) is 2. The van der Waals surface area contributed by atoms with Gasteiger partial charge in [0, 0.05) is 29.1 Å². The summed E-state index contributed by atoms with van der Waals surface area (Å²) < 4.78 is 40.6. The highest BCUT2D eigenvalue weighted by atomic mass is 35.5. The summed E-state index contributed by atoms with van der Waals surface area (Å²) in [4.78, 5) is 12.1. The topological polar surface area (TPSA) is 70.6 Å². The van der Waals surface area contributed by atoms with E-state index in [2.05, 4.69) is 15.4 Å². The molecule has 134 valence electrons. The second kappa shape index (κ2) is 8.09. The molecule has 2 rings (SSSR count). The first-order valence-corrected chi connectivity index (χ1v) is 7.48. The van der Waals surface area contributed by atoms with E-state index in [1.807, 2.05) is 0 Å². The van der Waals surface area contributed by atoms with E-state index in [-0.39, 0.29) is 17.3 Å². The van der Waals surface area contributed by atoms with Crippen LogP contribution in [0.25, 0.3) is 0 Å². The molecule has 2 amide bonds. The maximum absolute atomic E-state index is 12.3. The van der Waals surface area contributed by atoms with E-state index in [1.165, 1.54) is 6.07 Å². The van der Waals surface area contributed by atoms with Crippen LogP contribution in [-0.2, 0) is 6.42 Å². The largest absolute Gasteiger partial charge is 0.573 e. The van der Waals surface area contributed by atoms with Crippen LogP contribution in [0.1, 0.15) is 5.56 Å². The average Bonchev–Trinajstić information content (AvgIpc) is 2.47. The lowest BCUT2D eigenvalue weighted by Crippen LogP contribution is -2.21. The quantitative estimate of drug-likeness (QED) is 0.725. The summed E-state index contributed by atoms with van der Waals surface area (Å²) in [5.41, 5.74) is 1.22. The van der Waals surface area contributed by atoms with Crippen LogP contribution in [0.15, 0.2) is 42.5 Å². The van der Waals surface area contributed by atoms with Gasteiger partial charge in [0.05, 0.1) is 0 Å². The van der Waals surface area contributed by atoms with Crippen molar-refractivity contribution in [2.75, 3.05) is 17.2 Å². The lowest BCUT2D eigenvalue weighted by molar-refractivity contribution is -0.274. The number of hydrogen-bond donors (Lipinski definition) is 3. The standard InChI is InChI=1S/C16H14ClF3N2O3/c17-11-7-12(9-13(8-11)25-16(18,19)20)21-15(24)22-14-4-2-1-3-10(14)5-6-23/h1-4,7-9,23H,5-6H2,(H2,21,22,24). The van der Waals surface area contributed by atoms with Gasteiger partial charge in [-0.05, 0) is 30.2 Å². The molecule has 0 spiro atoms. The van der Waals surface area contributed by atoms with Gasteiger partial charge < -0.3 is 20.5 Å². The zero-order valence-corrected chi connectivity index (χ0v) is 13.5. The number of hydrogen-bond acceptors (Lipinski definition) is 3. The average molecular weight is 375 g/mol. The van der Waals surface area contributed by atoms with Crippen molar-refractivity contribution >= 4 is 29.0 Å². The third-order valence-corrected chi connectivity index (χ3v) is 3.23. The molecule has 3 N–H and O–H groups in total. The van der Waals surface area contributed by atoms with Gasteiger partial charge in [-0.2, -0.15) is 0 Å². The minimum Gasteiger partial charge on any atom is -0.406 e. The molecular weight excluding hydrogens is 361 g/mol. The van der Waals surface area contributed by atoms with Crippen molar-refractivity contribution in [3.8, 4) is 5.75 Å². The van der Waals surface area contributed by atoms with E-state index >= 15 is 0 Å². The van der Waals surface area contributed by atoms with Crippen LogP contribution in [0.4, 0.5) is 29.3 Å². The van der Waals surface area contributed by atoms with E-state index < -0.39 is 18.1 Å². The fourth-order valence-electron chi connectivity index (χ4n) is 2.09. The molecule has 0 bridgehead atoms. The van der Waals surface area contributed by atoms with Gasteiger partial charge in [-0.25, -0.2) is 4.79 Å². The maximum atomic E-state index is 12.3. The number of aliphatic hydroxyl groups excluding tert-OH is 1. The van der Waals surface area contributed by atoms with Gasteiger partial charge in [-0.15, -0.1) is 13.2 Å². The molecule has 0 aliphatic carbocycles. The number of amides is 2. The van der Waals surface area contributed by atoms with Crippen LogP contribution in [0.2, 0.25) is 5.02 Å². The first-order chi connectivity index (χ1) is 11.8. The van der Waals surface area contributed by atoms with Crippen LogP contribution in [-0.4, -0.2) is 24.1 Å². The summed E-state index contributed by atoms with van der Waals surface area (Å²) in [6, 6.07) is 9.42. The number of ether oxygens (including phenoxy) is 1. The summed E-state index contributed by atoms with van der Waals surface area (Å²) >= 11 is 5.74. The van der Waals surface area contributed by atoms with Crippen LogP contribution in [0.3, 0.4) is 0 Å². The number of rotatable bonds is 5. The fourth-order valence-corrected chi connectivity index (χ4v) is 2.32. The van der Waals surface area contributed by atoms with Crippen molar-refractivity contribution in [3.05, 3.63) is 53.1 Å². The van der Waals surface area contributed by atoms with E-state index in [9.17, 15) is 18.0 Å². The Hall–Kier alpha value is -2.45. The Morgan fingerprint density at radius 2 is 1.88 bits per heavy atom. The molecule has 0 radical (unpaired) electrons. The zero-order chi connectivity index (χ0) is 18.4. The van der Waals surface area contributed by atoms with Gasteiger partial charge in [0.2, 0.25) is 0 Å². The highest BCUT2D eigenvalue weighted by molar-refractivity contribution is 6.31. The normalized spacial score (nSPS) is 11.1. The van der Waals surface area contributed by atoms with Crippen LogP contribution in [0, 0.1) is 0 Å². The Morgan fingerprint density at radius 3 is 2.56 bits per heavy atom. The molecule has 2 aromatic carbocycles. The molecule has 0 fully saturated rings. The minimum absolute atomic E-state index is 0.0299. The number of alkyl halides is 3. The van der Waals surface area contributed by atoms with Crippen molar-refractivity contribution in [2.24, 2.45) is 0 Å². The van der Waals surface area contributed by atoms with E-state index in [0.717, 1.165) is 12.1 Å². The number of carbonyl (C=O) groups excluding carboxylic acids is 1. The number of halogens is 4. The number of anilines is 2. The van der Waals surface area contributed by atoms with Crippen LogP contribution >= 0.6 is 11.6 Å². The highest BCUT2D eigenvalue weighted by Crippen LogP contribution is 2.29. The summed E-state index contributed by atoms with van der Waals surface area (Å²) in [6.45, 7) is -0.0905. The Kier molecular flexibility index (Phi) is 6.11.